The van der Waals surface area contributed by atoms with Gasteiger partial charge >= 0.3 is 0 Å². The molecule has 0 saturated heterocycles. The summed E-state index contributed by atoms with van der Waals surface area (Å²) in [7, 11) is -2.42. The molecule has 69 heavy (non-hydrogen) atoms. The largest absolute Gasteiger partial charge is 0.506 e. The quantitative estimate of drug-likeness (QED) is 0.00692. The smallest absolute Gasteiger partial charge is 0.295 e. The normalized spacial score (nSPS) is 12.4. The van der Waals surface area contributed by atoms with E-state index in [1.165, 1.54) is 93.1 Å². The highest BCUT2D eigenvalue weighted by Gasteiger charge is 2.24. The highest BCUT2D eigenvalue weighted by Crippen LogP contribution is 2.43. The SMILES string of the molecule is COc1cc(N=Nc2cc(C)ccc2O)c(O)cc1N=[N+](O)c1ccc(/C=C/c2ccc([N+](O)=Nc3cc(O)c(N=Nc4cc(SOOO)ccc4O)cc3OC)cc2S(=O)(=O)O)c(SOOO)c1. The standard InChI is InChI=1S/C41H34N8O17S3/c1-22-4-12-34(50)28(14-22)42-44-30-20-38(61-2)32(18-36(30)52)46-48(54)25-9-7-23(40(15-25)68-66-64-57)5-6-24-8-10-26(16-41(24)69(58,59)60)49(55)47-33-19-37(53)31(21-39(33)62-3)45-43-29-17-27(67-65-63-56)11-13-35(29)51/h4-21,54-55H,1-3H3,(H5,46,47,52,53,56,57,58,59,60)/p+2/b6-5+. The van der Waals surface area contributed by atoms with Crippen molar-refractivity contribution in [3.05, 3.63) is 114 Å². The van der Waals surface area contributed by atoms with Gasteiger partial charge in [0.05, 0.1) is 53.4 Å². The number of hydrogen-bond acceptors (Lipinski definition) is 22. The van der Waals surface area contributed by atoms with Crippen molar-refractivity contribution in [3.63, 3.8) is 0 Å². The average Bonchev–Trinajstić information content (AvgIpc) is 3.32. The van der Waals surface area contributed by atoms with Gasteiger partial charge < -0.3 is 29.9 Å². The van der Waals surface area contributed by atoms with Gasteiger partial charge in [-0.1, -0.05) is 28.3 Å². The fourth-order valence-corrected chi connectivity index (χ4v) is 7.37. The lowest BCUT2D eigenvalue weighted by atomic mass is 10.1. The summed E-state index contributed by atoms with van der Waals surface area (Å²) in [5.74, 6) is -1.33. The first-order valence-corrected chi connectivity index (χ1v) is 21.9. The minimum atomic E-state index is -4.98. The molecule has 9 N–H and O–H groups in total. The van der Waals surface area contributed by atoms with E-state index >= 15 is 0 Å². The Bertz CT molecular complexity index is 3160. The first kappa shape index (κ1) is 50.6. The Labute approximate surface area is 397 Å². The molecule has 6 aromatic carbocycles. The van der Waals surface area contributed by atoms with Crippen molar-refractivity contribution in [3.8, 4) is 34.5 Å². The second kappa shape index (κ2) is 22.8. The third-order valence-electron chi connectivity index (χ3n) is 9.06. The fourth-order valence-electron chi connectivity index (χ4n) is 5.77. The molecule has 0 atom stereocenters. The first-order valence-electron chi connectivity index (χ1n) is 18.9. The number of aryl methyl sites for hydroxylation is 1. The third-order valence-corrected chi connectivity index (χ3v) is 11.2. The van der Waals surface area contributed by atoms with Gasteiger partial charge in [0.25, 0.3) is 21.5 Å². The van der Waals surface area contributed by atoms with Gasteiger partial charge in [0.1, 0.15) is 60.4 Å². The number of phenolic OH excluding ortho intramolecular Hbond substituents is 4. The van der Waals surface area contributed by atoms with E-state index in [2.05, 4.69) is 49.4 Å². The Morgan fingerprint density at radius 2 is 1.03 bits per heavy atom. The molecule has 0 unspecified atom stereocenters. The van der Waals surface area contributed by atoms with Crippen molar-refractivity contribution in [2.24, 2.45) is 30.7 Å². The number of benzene rings is 6. The van der Waals surface area contributed by atoms with Crippen LogP contribution in [-0.4, -0.2) is 78.3 Å². The molecule has 0 aliphatic heterocycles. The van der Waals surface area contributed by atoms with Crippen molar-refractivity contribution in [2.75, 3.05) is 14.2 Å². The van der Waals surface area contributed by atoms with Crippen LogP contribution in [-0.2, 0) is 28.9 Å². The number of azo groups is 4. The molecule has 0 fully saturated rings. The lowest BCUT2D eigenvalue weighted by Gasteiger charge is -2.07. The number of nitrogens with zero attached hydrogens (tertiary/aromatic N) is 8. The summed E-state index contributed by atoms with van der Waals surface area (Å²) >= 11 is 1.07. The average molecular weight is 1010 g/mol. The van der Waals surface area contributed by atoms with Gasteiger partial charge in [-0.3, -0.25) is 15.0 Å². The Morgan fingerprint density at radius 3 is 1.57 bits per heavy atom. The van der Waals surface area contributed by atoms with Crippen molar-refractivity contribution in [2.45, 2.75) is 21.6 Å². The zero-order valence-corrected chi connectivity index (χ0v) is 37.9. The van der Waals surface area contributed by atoms with Crippen molar-refractivity contribution in [1.29, 1.82) is 0 Å². The van der Waals surface area contributed by atoms with E-state index in [0.29, 0.717) is 33.8 Å². The molecule has 0 bridgehead atoms. The van der Waals surface area contributed by atoms with Crippen LogP contribution in [0.25, 0.3) is 12.2 Å². The minimum absolute atomic E-state index is 0.00147. The predicted octanol–water partition coefficient (Wildman–Crippen LogP) is 11.6. The van der Waals surface area contributed by atoms with Gasteiger partial charge in [-0.15, -0.1) is 29.1 Å². The summed E-state index contributed by atoms with van der Waals surface area (Å²) in [4.78, 5) is 0.504. The Morgan fingerprint density at radius 1 is 0.551 bits per heavy atom. The van der Waals surface area contributed by atoms with E-state index in [0.717, 1.165) is 23.8 Å². The number of rotatable bonds is 19. The molecule has 0 aliphatic carbocycles. The van der Waals surface area contributed by atoms with E-state index in [1.807, 2.05) is 0 Å². The van der Waals surface area contributed by atoms with Crippen molar-refractivity contribution >= 4 is 91.9 Å². The summed E-state index contributed by atoms with van der Waals surface area (Å²) in [5.41, 5.74) is 0.388. The maximum absolute atomic E-state index is 12.6. The molecule has 25 nitrogen and oxygen atoms in total. The topological polar surface area (TPSA) is 352 Å². The number of hydrogen-bond donors (Lipinski definition) is 9. The lowest BCUT2D eigenvalue weighted by molar-refractivity contribution is -0.761. The summed E-state index contributed by atoms with van der Waals surface area (Å²) in [5, 5.41) is 112. The molecular weight excluding hydrogens is 973 g/mol. The predicted molar refractivity (Wildman–Crippen MR) is 239 cm³/mol. The Kier molecular flexibility index (Phi) is 16.7. The van der Waals surface area contributed by atoms with Gasteiger partial charge in [0.2, 0.25) is 0 Å². The van der Waals surface area contributed by atoms with Gasteiger partial charge in [-0.2, -0.15) is 8.42 Å². The molecule has 6 rings (SSSR count). The monoisotopic (exact) mass is 1010 g/mol. The van der Waals surface area contributed by atoms with E-state index in [4.69, 9.17) is 20.0 Å². The van der Waals surface area contributed by atoms with Crippen LogP contribution in [0.5, 0.6) is 34.5 Å². The second-order valence-electron chi connectivity index (χ2n) is 13.6. The maximum Gasteiger partial charge on any atom is 0.295 e. The number of aromatic hydroxyl groups is 4. The van der Waals surface area contributed by atoms with Crippen LogP contribution in [0.1, 0.15) is 16.7 Å². The molecule has 28 heteroatoms. The van der Waals surface area contributed by atoms with E-state index in [1.54, 1.807) is 19.1 Å². The minimum Gasteiger partial charge on any atom is -0.506 e. The summed E-state index contributed by atoms with van der Waals surface area (Å²) in [6, 6.07) is 20.9. The lowest BCUT2D eigenvalue weighted by Crippen LogP contribution is -2.03. The van der Waals surface area contributed by atoms with Gasteiger partial charge in [-0.25, -0.2) is 10.5 Å². The molecule has 0 amide bonds. The number of phenols is 4. The van der Waals surface area contributed by atoms with Crippen LogP contribution < -0.4 is 9.47 Å². The summed E-state index contributed by atoms with van der Waals surface area (Å²) < 4.78 is 55.2. The highest BCUT2D eigenvalue weighted by atomic mass is 32.2. The molecule has 0 heterocycles. The molecule has 6 aromatic rings. The van der Waals surface area contributed by atoms with Crippen LogP contribution >= 0.6 is 24.1 Å². The maximum atomic E-state index is 12.6. The van der Waals surface area contributed by atoms with E-state index in [9.17, 15) is 43.8 Å². The fraction of sp³-hybridized carbons (Fsp3) is 0.0732. The Hall–Kier alpha value is -7.77. The molecule has 0 radical (unpaired) electrons. The Balaban J connectivity index is 1.26. The van der Waals surface area contributed by atoms with Gasteiger partial charge in [0.15, 0.2) is 22.9 Å². The summed E-state index contributed by atoms with van der Waals surface area (Å²) in [6.07, 6.45) is 2.66. The zero-order chi connectivity index (χ0) is 49.8. The third kappa shape index (κ3) is 13.0. The molecule has 0 saturated carbocycles. The van der Waals surface area contributed by atoms with Crippen molar-refractivity contribution in [1.82, 2.24) is 0 Å². The van der Waals surface area contributed by atoms with Crippen LogP contribution in [0.4, 0.5) is 45.5 Å². The van der Waals surface area contributed by atoms with Crippen LogP contribution in [0.15, 0.2) is 142 Å². The van der Waals surface area contributed by atoms with Gasteiger partial charge in [-0.05, 0) is 66.1 Å². The molecule has 0 aliphatic rings. The molecule has 358 valence electrons. The van der Waals surface area contributed by atoms with E-state index < -0.39 is 26.5 Å². The first-order chi connectivity index (χ1) is 33.0. The van der Waals surface area contributed by atoms with E-state index in [-0.39, 0.29) is 89.4 Å². The molecular formula is C41H36N8O17S3+2. The second-order valence-corrected chi connectivity index (χ2v) is 16.5. The highest BCUT2D eigenvalue weighted by molar-refractivity contribution is 7.94. The molecule has 0 spiro atoms. The van der Waals surface area contributed by atoms with Crippen molar-refractivity contribution < 1.29 is 92.3 Å². The van der Waals surface area contributed by atoms with Crippen LogP contribution in [0, 0.1) is 6.92 Å². The zero-order valence-electron chi connectivity index (χ0n) is 35.5. The van der Waals surface area contributed by atoms with Gasteiger partial charge in [0, 0.05) is 53.4 Å². The summed E-state index contributed by atoms with van der Waals surface area (Å²) in [6.45, 7) is 1.80. The molecule has 0 aromatic heterocycles. The van der Waals surface area contributed by atoms with Crippen LogP contribution in [0.2, 0.25) is 0 Å². The van der Waals surface area contributed by atoms with Crippen LogP contribution in [0.3, 0.4) is 0 Å². The number of ether oxygens (including phenoxy) is 2. The number of methoxy groups -OCH3 is 2.